The van der Waals surface area contributed by atoms with Crippen LogP contribution in [-0.2, 0) is 4.74 Å². The van der Waals surface area contributed by atoms with Gasteiger partial charge in [0.2, 0.25) is 0 Å². The van der Waals surface area contributed by atoms with E-state index in [1.165, 1.54) is 12.8 Å². The summed E-state index contributed by atoms with van der Waals surface area (Å²) in [7, 11) is 0. The Bertz CT molecular complexity index is 220. The van der Waals surface area contributed by atoms with Crippen molar-refractivity contribution >= 4 is 6.09 Å². The van der Waals surface area contributed by atoms with E-state index >= 15 is 0 Å². The predicted molar refractivity (Wildman–Crippen MR) is 52.9 cm³/mol. The fourth-order valence-electron chi connectivity index (χ4n) is 2.54. The van der Waals surface area contributed by atoms with Gasteiger partial charge >= 0.3 is 6.09 Å². The lowest BCUT2D eigenvalue weighted by atomic mass is 10.0. The zero-order valence-corrected chi connectivity index (χ0v) is 8.45. The molecule has 1 aliphatic heterocycles. The Hall–Kier alpha value is -0.770. The summed E-state index contributed by atoms with van der Waals surface area (Å²) < 4.78 is 5.15. The van der Waals surface area contributed by atoms with E-state index in [1.54, 1.807) is 0 Å². The van der Waals surface area contributed by atoms with E-state index in [1.807, 2.05) is 4.90 Å². The number of nitrogens with zero attached hydrogens (tertiary/aromatic N) is 1. The van der Waals surface area contributed by atoms with Gasteiger partial charge in [-0.3, -0.25) is 0 Å². The maximum atomic E-state index is 11.5. The molecule has 80 valence electrons. The Morgan fingerprint density at radius 3 is 3.14 bits per heavy atom. The number of carbonyl (C=O) groups is 1. The topological polar surface area (TPSA) is 55.6 Å². The Balaban J connectivity index is 1.98. The number of hydrogen-bond acceptors (Lipinski definition) is 3. The van der Waals surface area contributed by atoms with Crippen LogP contribution in [0.5, 0.6) is 0 Å². The second-order valence-corrected chi connectivity index (χ2v) is 4.17. The van der Waals surface area contributed by atoms with Crippen molar-refractivity contribution in [2.24, 2.45) is 11.7 Å². The van der Waals surface area contributed by atoms with Crippen LogP contribution in [0.15, 0.2) is 0 Å². The molecule has 0 bridgehead atoms. The Labute approximate surface area is 84.4 Å². The van der Waals surface area contributed by atoms with Crippen molar-refractivity contribution in [2.75, 3.05) is 19.7 Å². The van der Waals surface area contributed by atoms with Gasteiger partial charge in [-0.1, -0.05) is 6.42 Å². The van der Waals surface area contributed by atoms with Gasteiger partial charge < -0.3 is 15.4 Å². The molecule has 2 N–H and O–H groups in total. The molecule has 1 amide bonds. The molecule has 1 saturated carbocycles. The number of amides is 1. The molecule has 0 radical (unpaired) electrons. The standard InChI is InChI=1S/C10H18N2O2/c11-5-2-6-12-9-4-1-3-8(9)7-14-10(12)13/h8-9H,1-7,11H2. The van der Waals surface area contributed by atoms with Crippen molar-refractivity contribution in [3.8, 4) is 0 Å². The Morgan fingerprint density at radius 2 is 2.36 bits per heavy atom. The summed E-state index contributed by atoms with van der Waals surface area (Å²) in [6.07, 6.45) is 4.31. The van der Waals surface area contributed by atoms with Crippen molar-refractivity contribution < 1.29 is 9.53 Å². The molecule has 0 spiro atoms. The highest BCUT2D eigenvalue weighted by Crippen LogP contribution is 2.33. The molecule has 1 aliphatic carbocycles. The molecule has 2 atom stereocenters. The number of carbonyl (C=O) groups excluding carboxylic acids is 1. The van der Waals surface area contributed by atoms with E-state index in [9.17, 15) is 4.79 Å². The van der Waals surface area contributed by atoms with E-state index in [4.69, 9.17) is 10.5 Å². The molecule has 14 heavy (non-hydrogen) atoms. The Morgan fingerprint density at radius 1 is 1.50 bits per heavy atom. The summed E-state index contributed by atoms with van der Waals surface area (Å²) in [6.45, 7) is 2.03. The first-order chi connectivity index (χ1) is 6.83. The molecule has 2 aliphatic rings. The lowest BCUT2D eigenvalue weighted by Gasteiger charge is -2.36. The van der Waals surface area contributed by atoms with E-state index < -0.39 is 0 Å². The number of ether oxygens (including phenoxy) is 1. The molecule has 0 aromatic carbocycles. The average Bonchev–Trinajstić information content (AvgIpc) is 2.64. The summed E-state index contributed by atoms with van der Waals surface area (Å²) in [5, 5.41) is 0. The largest absolute Gasteiger partial charge is 0.449 e. The van der Waals surface area contributed by atoms with Crippen molar-refractivity contribution in [3.63, 3.8) is 0 Å². The summed E-state index contributed by atoms with van der Waals surface area (Å²) in [5.74, 6) is 0.575. The monoisotopic (exact) mass is 198 g/mol. The zero-order valence-electron chi connectivity index (χ0n) is 8.45. The molecule has 4 nitrogen and oxygen atoms in total. The minimum atomic E-state index is -0.137. The van der Waals surface area contributed by atoms with E-state index in [0.717, 1.165) is 19.4 Å². The molecule has 2 unspecified atom stereocenters. The lowest BCUT2D eigenvalue weighted by molar-refractivity contribution is 0.0188. The summed E-state index contributed by atoms with van der Waals surface area (Å²) in [5.41, 5.74) is 5.45. The van der Waals surface area contributed by atoms with E-state index in [2.05, 4.69) is 0 Å². The molecule has 1 heterocycles. The number of cyclic esters (lactones) is 1. The number of fused-ring (bicyclic) bond motifs is 1. The normalized spacial score (nSPS) is 31.5. The molecule has 0 aromatic heterocycles. The molecule has 0 aromatic rings. The summed E-state index contributed by atoms with van der Waals surface area (Å²) >= 11 is 0. The van der Waals surface area contributed by atoms with Crippen LogP contribution >= 0.6 is 0 Å². The van der Waals surface area contributed by atoms with Gasteiger partial charge in [-0.2, -0.15) is 0 Å². The van der Waals surface area contributed by atoms with Gasteiger partial charge in [0.25, 0.3) is 0 Å². The molecular weight excluding hydrogens is 180 g/mol. The van der Waals surface area contributed by atoms with Crippen LogP contribution in [0.3, 0.4) is 0 Å². The first-order valence-corrected chi connectivity index (χ1v) is 5.46. The number of nitrogens with two attached hydrogens (primary N) is 1. The molecule has 1 saturated heterocycles. The predicted octanol–water partition coefficient (Wildman–Crippen LogP) is 0.956. The quantitative estimate of drug-likeness (QED) is 0.734. The highest BCUT2D eigenvalue weighted by atomic mass is 16.6. The highest BCUT2D eigenvalue weighted by molar-refractivity contribution is 5.69. The van der Waals surface area contributed by atoms with Crippen LogP contribution in [0.1, 0.15) is 25.7 Å². The lowest BCUT2D eigenvalue weighted by Crippen LogP contribution is -2.49. The van der Waals surface area contributed by atoms with Crippen LogP contribution in [0.4, 0.5) is 4.79 Å². The smallest absolute Gasteiger partial charge is 0.410 e. The van der Waals surface area contributed by atoms with Crippen LogP contribution < -0.4 is 5.73 Å². The summed E-state index contributed by atoms with van der Waals surface area (Å²) in [6, 6.07) is 0.433. The number of hydrogen-bond donors (Lipinski definition) is 1. The maximum Gasteiger partial charge on any atom is 0.410 e. The van der Waals surface area contributed by atoms with Gasteiger partial charge in [0.1, 0.15) is 0 Å². The van der Waals surface area contributed by atoms with Crippen molar-refractivity contribution in [3.05, 3.63) is 0 Å². The average molecular weight is 198 g/mol. The minimum Gasteiger partial charge on any atom is -0.449 e. The molecule has 2 fully saturated rings. The fraction of sp³-hybridized carbons (Fsp3) is 0.900. The molecule has 2 rings (SSSR count). The van der Waals surface area contributed by atoms with Gasteiger partial charge in [0.05, 0.1) is 6.61 Å². The van der Waals surface area contributed by atoms with Gasteiger partial charge in [0, 0.05) is 18.5 Å². The summed E-state index contributed by atoms with van der Waals surface area (Å²) in [4.78, 5) is 13.4. The van der Waals surface area contributed by atoms with Crippen LogP contribution in [0.2, 0.25) is 0 Å². The first kappa shape index (κ1) is 9.77. The third kappa shape index (κ3) is 1.71. The van der Waals surface area contributed by atoms with Crippen molar-refractivity contribution in [1.82, 2.24) is 4.90 Å². The third-order valence-electron chi connectivity index (χ3n) is 3.28. The van der Waals surface area contributed by atoms with Gasteiger partial charge in [-0.15, -0.1) is 0 Å². The van der Waals surface area contributed by atoms with Crippen molar-refractivity contribution in [2.45, 2.75) is 31.7 Å². The Kier molecular flexibility index (Phi) is 2.91. The van der Waals surface area contributed by atoms with E-state index in [0.29, 0.717) is 25.1 Å². The van der Waals surface area contributed by atoms with Crippen LogP contribution in [-0.4, -0.2) is 36.7 Å². The second kappa shape index (κ2) is 4.17. The van der Waals surface area contributed by atoms with Gasteiger partial charge in [-0.25, -0.2) is 4.79 Å². The first-order valence-electron chi connectivity index (χ1n) is 5.46. The van der Waals surface area contributed by atoms with Crippen LogP contribution in [0, 0.1) is 5.92 Å². The van der Waals surface area contributed by atoms with E-state index in [-0.39, 0.29) is 6.09 Å². The molecular formula is C10H18N2O2. The van der Waals surface area contributed by atoms with Crippen molar-refractivity contribution in [1.29, 1.82) is 0 Å². The van der Waals surface area contributed by atoms with Gasteiger partial charge in [0.15, 0.2) is 0 Å². The zero-order chi connectivity index (χ0) is 9.97. The number of rotatable bonds is 3. The molecule has 4 heteroatoms. The highest BCUT2D eigenvalue weighted by Gasteiger charge is 2.39. The third-order valence-corrected chi connectivity index (χ3v) is 3.28. The fourth-order valence-corrected chi connectivity index (χ4v) is 2.54. The maximum absolute atomic E-state index is 11.5. The SMILES string of the molecule is NCCCN1C(=O)OCC2CCCC21. The van der Waals surface area contributed by atoms with Crippen LogP contribution in [0.25, 0.3) is 0 Å². The minimum absolute atomic E-state index is 0.137. The van der Waals surface area contributed by atoms with Gasteiger partial charge in [-0.05, 0) is 25.8 Å². The second-order valence-electron chi connectivity index (χ2n) is 4.17.